The van der Waals surface area contributed by atoms with Gasteiger partial charge < -0.3 is 15.7 Å². The molecule has 1 aromatic carbocycles. The second kappa shape index (κ2) is 6.15. The van der Waals surface area contributed by atoms with E-state index in [1.54, 1.807) is 0 Å². The average molecular weight is 259 g/mol. The molecule has 5 nitrogen and oxygen atoms in total. The van der Waals surface area contributed by atoms with E-state index in [1.807, 2.05) is 31.3 Å². The molecule has 0 aliphatic carbocycles. The molecule has 19 heavy (non-hydrogen) atoms. The minimum absolute atomic E-state index is 0.211. The molecule has 1 aromatic heterocycles. The van der Waals surface area contributed by atoms with Gasteiger partial charge in [0, 0.05) is 18.1 Å². The van der Waals surface area contributed by atoms with E-state index in [1.165, 1.54) is 6.20 Å². The predicted molar refractivity (Wildman–Crippen MR) is 75.7 cm³/mol. The molecule has 2 aromatic rings. The van der Waals surface area contributed by atoms with Crippen LogP contribution in [0.25, 0.3) is 10.9 Å². The Labute approximate surface area is 111 Å². The lowest BCUT2D eigenvalue weighted by atomic mass is 10.1. The van der Waals surface area contributed by atoms with Gasteiger partial charge in [-0.05, 0) is 26.1 Å². The number of rotatable bonds is 6. The number of para-hydroxylation sites is 1. The summed E-state index contributed by atoms with van der Waals surface area (Å²) < 4.78 is 0. The number of nitrogens with zero attached hydrogens (tertiary/aromatic N) is 1. The summed E-state index contributed by atoms with van der Waals surface area (Å²) in [5.41, 5.74) is 1.65. The lowest BCUT2D eigenvalue weighted by molar-refractivity contribution is 0.0697. The van der Waals surface area contributed by atoms with Crippen molar-refractivity contribution in [3.8, 4) is 0 Å². The number of benzene rings is 1. The van der Waals surface area contributed by atoms with E-state index < -0.39 is 5.97 Å². The van der Waals surface area contributed by atoms with Crippen LogP contribution in [-0.2, 0) is 0 Å². The van der Waals surface area contributed by atoms with E-state index in [0.29, 0.717) is 5.69 Å². The molecule has 0 bridgehead atoms. The molecule has 0 unspecified atom stereocenters. The number of hydrogen-bond acceptors (Lipinski definition) is 4. The Bertz CT molecular complexity index is 584. The molecular formula is C14H17N3O2. The normalized spacial score (nSPS) is 10.6. The number of anilines is 1. The summed E-state index contributed by atoms with van der Waals surface area (Å²) in [4.78, 5) is 15.4. The Balaban J connectivity index is 2.35. The summed E-state index contributed by atoms with van der Waals surface area (Å²) in [6.45, 7) is 1.60. The molecule has 0 amide bonds. The SMILES string of the molecule is CNCCCNc1c(C(=O)O)cnc2ccccc12. The van der Waals surface area contributed by atoms with Crippen LogP contribution in [0.15, 0.2) is 30.5 Å². The molecule has 0 fully saturated rings. The maximum absolute atomic E-state index is 11.3. The molecular weight excluding hydrogens is 242 g/mol. The molecule has 0 aliphatic heterocycles. The molecule has 3 N–H and O–H groups in total. The average Bonchev–Trinajstić information content (AvgIpc) is 2.43. The number of aromatic nitrogens is 1. The Hall–Kier alpha value is -2.14. The monoisotopic (exact) mass is 259 g/mol. The third-order valence-corrected chi connectivity index (χ3v) is 2.91. The molecule has 0 radical (unpaired) electrons. The first-order valence-corrected chi connectivity index (χ1v) is 6.23. The second-order valence-electron chi connectivity index (χ2n) is 4.25. The molecule has 0 atom stereocenters. The summed E-state index contributed by atoms with van der Waals surface area (Å²) in [7, 11) is 1.89. The Morgan fingerprint density at radius 1 is 1.32 bits per heavy atom. The third-order valence-electron chi connectivity index (χ3n) is 2.91. The van der Waals surface area contributed by atoms with Crippen molar-refractivity contribution in [2.24, 2.45) is 0 Å². The zero-order valence-corrected chi connectivity index (χ0v) is 10.8. The maximum atomic E-state index is 11.3. The summed E-state index contributed by atoms with van der Waals surface area (Å²) in [5, 5.41) is 16.3. The zero-order chi connectivity index (χ0) is 13.7. The zero-order valence-electron chi connectivity index (χ0n) is 10.8. The number of nitrogens with one attached hydrogen (secondary N) is 2. The number of fused-ring (bicyclic) bond motifs is 1. The van der Waals surface area contributed by atoms with Gasteiger partial charge in [-0.25, -0.2) is 4.79 Å². The quantitative estimate of drug-likeness (QED) is 0.691. The van der Waals surface area contributed by atoms with Crippen molar-refractivity contribution in [3.05, 3.63) is 36.0 Å². The van der Waals surface area contributed by atoms with E-state index >= 15 is 0 Å². The van der Waals surface area contributed by atoms with Gasteiger partial charge in [-0.3, -0.25) is 4.98 Å². The number of carboxylic acid groups (broad SMARTS) is 1. The number of aromatic carboxylic acids is 1. The standard InChI is InChI=1S/C14H17N3O2/c1-15-7-4-8-16-13-10-5-2-3-6-12(10)17-9-11(13)14(18)19/h2-3,5-6,9,15H,4,7-8H2,1H3,(H,16,17)(H,18,19). The van der Waals surface area contributed by atoms with Crippen LogP contribution in [0.3, 0.4) is 0 Å². The van der Waals surface area contributed by atoms with Gasteiger partial charge in [0.2, 0.25) is 0 Å². The molecule has 5 heteroatoms. The Morgan fingerprint density at radius 3 is 2.84 bits per heavy atom. The van der Waals surface area contributed by atoms with E-state index in [2.05, 4.69) is 15.6 Å². The summed E-state index contributed by atoms with van der Waals surface area (Å²) in [5.74, 6) is -0.964. The molecule has 2 rings (SSSR count). The fraction of sp³-hybridized carbons (Fsp3) is 0.286. The number of hydrogen-bond donors (Lipinski definition) is 3. The van der Waals surface area contributed by atoms with Gasteiger partial charge in [0.25, 0.3) is 0 Å². The van der Waals surface area contributed by atoms with Gasteiger partial charge in [-0.15, -0.1) is 0 Å². The highest BCUT2D eigenvalue weighted by Crippen LogP contribution is 2.25. The van der Waals surface area contributed by atoms with Gasteiger partial charge in [-0.1, -0.05) is 18.2 Å². The van der Waals surface area contributed by atoms with Crippen LogP contribution >= 0.6 is 0 Å². The second-order valence-corrected chi connectivity index (χ2v) is 4.25. The first-order chi connectivity index (χ1) is 9.24. The van der Waals surface area contributed by atoms with Crippen molar-refractivity contribution >= 4 is 22.6 Å². The van der Waals surface area contributed by atoms with E-state index in [0.717, 1.165) is 30.4 Å². The van der Waals surface area contributed by atoms with Gasteiger partial charge >= 0.3 is 5.97 Å². The Morgan fingerprint density at radius 2 is 2.11 bits per heavy atom. The van der Waals surface area contributed by atoms with Crippen molar-refractivity contribution in [1.29, 1.82) is 0 Å². The summed E-state index contributed by atoms with van der Waals surface area (Å²) in [6.07, 6.45) is 2.33. The Kier molecular flexibility index (Phi) is 4.30. The van der Waals surface area contributed by atoms with E-state index in [9.17, 15) is 9.90 Å². The lowest BCUT2D eigenvalue weighted by Crippen LogP contribution is -2.14. The van der Waals surface area contributed by atoms with Crippen molar-refractivity contribution in [3.63, 3.8) is 0 Å². The van der Waals surface area contributed by atoms with Crippen LogP contribution in [0, 0.1) is 0 Å². The molecule has 0 saturated heterocycles. The minimum Gasteiger partial charge on any atom is -0.478 e. The summed E-state index contributed by atoms with van der Waals surface area (Å²) in [6, 6.07) is 7.53. The first-order valence-electron chi connectivity index (χ1n) is 6.23. The highest BCUT2D eigenvalue weighted by atomic mass is 16.4. The van der Waals surface area contributed by atoms with Crippen LogP contribution in [0.4, 0.5) is 5.69 Å². The molecule has 0 spiro atoms. The van der Waals surface area contributed by atoms with Gasteiger partial charge in [0.1, 0.15) is 5.56 Å². The largest absolute Gasteiger partial charge is 0.478 e. The van der Waals surface area contributed by atoms with Crippen molar-refractivity contribution < 1.29 is 9.90 Å². The maximum Gasteiger partial charge on any atom is 0.339 e. The van der Waals surface area contributed by atoms with Gasteiger partial charge in [0.05, 0.1) is 11.2 Å². The lowest BCUT2D eigenvalue weighted by Gasteiger charge is -2.12. The van der Waals surface area contributed by atoms with E-state index in [4.69, 9.17) is 0 Å². The number of carbonyl (C=O) groups is 1. The first kappa shape index (κ1) is 13.3. The third kappa shape index (κ3) is 3.00. The highest BCUT2D eigenvalue weighted by Gasteiger charge is 2.13. The number of carboxylic acids is 1. The van der Waals surface area contributed by atoms with E-state index in [-0.39, 0.29) is 5.56 Å². The van der Waals surface area contributed by atoms with Crippen LogP contribution < -0.4 is 10.6 Å². The van der Waals surface area contributed by atoms with Gasteiger partial charge in [0.15, 0.2) is 0 Å². The smallest absolute Gasteiger partial charge is 0.339 e. The van der Waals surface area contributed by atoms with Crippen molar-refractivity contribution in [1.82, 2.24) is 10.3 Å². The molecule has 1 heterocycles. The fourth-order valence-corrected chi connectivity index (χ4v) is 1.97. The highest BCUT2D eigenvalue weighted by molar-refractivity contribution is 6.04. The molecule has 100 valence electrons. The van der Waals surface area contributed by atoms with Crippen molar-refractivity contribution in [2.45, 2.75) is 6.42 Å². The van der Waals surface area contributed by atoms with Crippen LogP contribution in [0.5, 0.6) is 0 Å². The van der Waals surface area contributed by atoms with Crippen LogP contribution in [0.2, 0.25) is 0 Å². The minimum atomic E-state index is -0.964. The fourth-order valence-electron chi connectivity index (χ4n) is 1.97. The van der Waals surface area contributed by atoms with Gasteiger partial charge in [-0.2, -0.15) is 0 Å². The van der Waals surface area contributed by atoms with Crippen LogP contribution in [-0.4, -0.2) is 36.2 Å². The van der Waals surface area contributed by atoms with Crippen molar-refractivity contribution in [2.75, 3.05) is 25.5 Å². The molecule has 0 saturated carbocycles. The molecule has 0 aliphatic rings. The number of pyridine rings is 1. The van der Waals surface area contributed by atoms with Crippen LogP contribution in [0.1, 0.15) is 16.8 Å². The predicted octanol–water partition coefficient (Wildman–Crippen LogP) is 1.95. The topological polar surface area (TPSA) is 74.2 Å². The summed E-state index contributed by atoms with van der Waals surface area (Å²) >= 11 is 0.